The van der Waals surface area contributed by atoms with Gasteiger partial charge in [-0.2, -0.15) is 0 Å². The predicted molar refractivity (Wildman–Crippen MR) is 105 cm³/mol. The molecule has 0 unspecified atom stereocenters. The summed E-state index contributed by atoms with van der Waals surface area (Å²) < 4.78 is 24.6. The molecule has 4 heteroatoms. The van der Waals surface area contributed by atoms with Crippen molar-refractivity contribution in [3.8, 4) is 5.75 Å². The molecule has 0 saturated heterocycles. The van der Waals surface area contributed by atoms with Crippen molar-refractivity contribution in [1.82, 2.24) is 0 Å². The minimum atomic E-state index is -0.264. The molecule has 0 saturated carbocycles. The van der Waals surface area contributed by atoms with Gasteiger partial charge in [-0.05, 0) is 54.8 Å². The molecule has 0 radical (unpaired) electrons. The van der Waals surface area contributed by atoms with Gasteiger partial charge < -0.3 is 9.47 Å². The second-order valence-corrected chi connectivity index (χ2v) is 6.21. The Balaban J connectivity index is 2.10. The van der Waals surface area contributed by atoms with E-state index in [4.69, 9.17) is 9.47 Å². The highest BCUT2D eigenvalue weighted by atomic mass is 19.1. The van der Waals surface area contributed by atoms with Crippen LogP contribution in [0.3, 0.4) is 0 Å². The lowest BCUT2D eigenvalue weighted by Gasteiger charge is -2.11. The van der Waals surface area contributed by atoms with Crippen molar-refractivity contribution in [3.63, 3.8) is 0 Å². The van der Waals surface area contributed by atoms with Crippen LogP contribution in [0.4, 0.5) is 10.1 Å². The number of benzene rings is 2. The van der Waals surface area contributed by atoms with E-state index < -0.39 is 0 Å². The molecule has 0 N–H and O–H groups in total. The maximum absolute atomic E-state index is 13.0. The van der Waals surface area contributed by atoms with Gasteiger partial charge in [0.05, 0.1) is 18.9 Å². The number of unbranched alkanes of at least 4 members (excludes halogenated alkanes) is 2. The van der Waals surface area contributed by atoms with Gasteiger partial charge in [-0.15, -0.1) is 0 Å². The topological polar surface area (TPSA) is 30.8 Å². The van der Waals surface area contributed by atoms with E-state index in [1.165, 1.54) is 12.1 Å². The van der Waals surface area contributed by atoms with Gasteiger partial charge in [0.2, 0.25) is 0 Å². The molecule has 140 valence electrons. The van der Waals surface area contributed by atoms with Gasteiger partial charge in [-0.3, -0.25) is 4.99 Å². The number of halogens is 1. The van der Waals surface area contributed by atoms with E-state index >= 15 is 0 Å². The molecule has 2 aromatic carbocycles. The Morgan fingerprint density at radius 2 is 1.69 bits per heavy atom. The third kappa shape index (κ3) is 6.96. The number of nitrogens with zero attached hydrogens (tertiary/aromatic N) is 1. The largest absolute Gasteiger partial charge is 0.493 e. The molecule has 0 heterocycles. The third-order valence-corrected chi connectivity index (χ3v) is 3.92. The predicted octanol–water partition coefficient (Wildman–Crippen LogP) is 6.07. The van der Waals surface area contributed by atoms with Crippen LogP contribution >= 0.6 is 0 Å². The van der Waals surface area contributed by atoms with Crippen molar-refractivity contribution < 1.29 is 13.9 Å². The summed E-state index contributed by atoms with van der Waals surface area (Å²) in [5, 5.41) is 0. The molecule has 0 spiro atoms. The minimum absolute atomic E-state index is 0.264. The van der Waals surface area contributed by atoms with Crippen LogP contribution in [0.1, 0.15) is 50.7 Å². The molecule has 2 aromatic rings. The quantitative estimate of drug-likeness (QED) is 0.361. The Bertz CT molecular complexity index is 683. The van der Waals surface area contributed by atoms with Gasteiger partial charge in [-0.1, -0.05) is 32.8 Å². The lowest BCUT2D eigenvalue weighted by molar-refractivity contribution is 0.118. The average molecular weight is 357 g/mol. The van der Waals surface area contributed by atoms with Crippen molar-refractivity contribution in [2.75, 3.05) is 13.2 Å². The number of hydrogen-bond donors (Lipinski definition) is 0. The molecule has 0 fully saturated rings. The van der Waals surface area contributed by atoms with Crippen molar-refractivity contribution in [3.05, 3.63) is 59.4 Å². The molecule has 0 aliphatic carbocycles. The zero-order chi connectivity index (χ0) is 18.6. The number of aliphatic imine (C=N–C) groups is 1. The third-order valence-electron chi connectivity index (χ3n) is 3.92. The standard InChI is InChI=1S/C22H28FNO2/c1-3-5-13-25-17-18-7-8-19(22(15-18)26-14-6-4-2)16-24-21-11-9-20(23)10-12-21/h7-12,15-16H,3-6,13-14,17H2,1-2H3. The van der Waals surface area contributed by atoms with Crippen LogP contribution in [0.25, 0.3) is 0 Å². The van der Waals surface area contributed by atoms with Gasteiger partial charge >= 0.3 is 0 Å². The lowest BCUT2D eigenvalue weighted by Crippen LogP contribution is -2.02. The molecule has 0 atom stereocenters. The van der Waals surface area contributed by atoms with Crippen LogP contribution in [0, 0.1) is 5.82 Å². The number of hydrogen-bond acceptors (Lipinski definition) is 3. The van der Waals surface area contributed by atoms with E-state index in [1.807, 2.05) is 18.2 Å². The smallest absolute Gasteiger partial charge is 0.128 e. The summed E-state index contributed by atoms with van der Waals surface area (Å²) in [6.07, 6.45) is 6.05. The van der Waals surface area contributed by atoms with Gasteiger partial charge in [0.25, 0.3) is 0 Å². The first-order valence-electron chi connectivity index (χ1n) is 9.36. The molecule has 0 aliphatic rings. The first kappa shape index (κ1) is 20.1. The normalized spacial score (nSPS) is 11.2. The molecule has 2 rings (SSSR count). The zero-order valence-corrected chi connectivity index (χ0v) is 15.7. The maximum Gasteiger partial charge on any atom is 0.128 e. The zero-order valence-electron chi connectivity index (χ0n) is 15.7. The monoisotopic (exact) mass is 357 g/mol. The van der Waals surface area contributed by atoms with E-state index in [9.17, 15) is 4.39 Å². The first-order valence-corrected chi connectivity index (χ1v) is 9.36. The second-order valence-electron chi connectivity index (χ2n) is 6.21. The average Bonchev–Trinajstić information content (AvgIpc) is 2.66. The van der Waals surface area contributed by atoms with Crippen molar-refractivity contribution in [1.29, 1.82) is 0 Å². The maximum atomic E-state index is 13.0. The summed E-state index contributed by atoms with van der Waals surface area (Å²) in [7, 11) is 0. The minimum Gasteiger partial charge on any atom is -0.493 e. The van der Waals surface area contributed by atoms with Crippen molar-refractivity contribution in [2.24, 2.45) is 4.99 Å². The fourth-order valence-corrected chi connectivity index (χ4v) is 2.33. The summed E-state index contributed by atoms with van der Waals surface area (Å²) in [6.45, 7) is 6.32. The molecular weight excluding hydrogens is 329 g/mol. The Morgan fingerprint density at radius 3 is 2.42 bits per heavy atom. The molecule has 0 aliphatic heterocycles. The van der Waals surface area contributed by atoms with E-state index in [2.05, 4.69) is 18.8 Å². The highest BCUT2D eigenvalue weighted by Crippen LogP contribution is 2.22. The molecule has 0 aromatic heterocycles. The Hall–Kier alpha value is -2.20. The SMILES string of the molecule is CCCCOCc1ccc(C=Nc2ccc(F)cc2)c(OCCCC)c1. The van der Waals surface area contributed by atoms with E-state index in [-0.39, 0.29) is 5.82 Å². The van der Waals surface area contributed by atoms with Crippen molar-refractivity contribution in [2.45, 2.75) is 46.1 Å². The molecule has 0 amide bonds. The summed E-state index contributed by atoms with van der Waals surface area (Å²) >= 11 is 0. The van der Waals surface area contributed by atoms with Gasteiger partial charge in [0, 0.05) is 18.4 Å². The molecular formula is C22H28FNO2. The van der Waals surface area contributed by atoms with E-state index in [0.717, 1.165) is 49.2 Å². The molecule has 26 heavy (non-hydrogen) atoms. The highest BCUT2D eigenvalue weighted by Gasteiger charge is 2.05. The Morgan fingerprint density at radius 1 is 0.962 bits per heavy atom. The van der Waals surface area contributed by atoms with Crippen molar-refractivity contribution >= 4 is 11.9 Å². The Labute approximate surface area is 155 Å². The van der Waals surface area contributed by atoms with Gasteiger partial charge in [-0.25, -0.2) is 4.39 Å². The molecule has 0 bridgehead atoms. The lowest BCUT2D eigenvalue weighted by atomic mass is 10.1. The second kappa shape index (κ2) is 11.4. The van der Waals surface area contributed by atoms with Crippen LogP contribution in [-0.2, 0) is 11.3 Å². The summed E-state index contributed by atoms with van der Waals surface area (Å²) in [5.41, 5.74) is 2.70. The first-order chi connectivity index (χ1) is 12.7. The fourth-order valence-electron chi connectivity index (χ4n) is 2.33. The summed E-state index contributed by atoms with van der Waals surface area (Å²) in [6, 6.07) is 12.2. The van der Waals surface area contributed by atoms with Crippen LogP contribution in [-0.4, -0.2) is 19.4 Å². The molecule has 3 nitrogen and oxygen atoms in total. The fraction of sp³-hybridized carbons (Fsp3) is 0.409. The van der Waals surface area contributed by atoms with Gasteiger partial charge in [0.15, 0.2) is 0 Å². The van der Waals surface area contributed by atoms with Crippen LogP contribution in [0.5, 0.6) is 5.75 Å². The van der Waals surface area contributed by atoms with Crippen LogP contribution in [0.2, 0.25) is 0 Å². The Kier molecular flexibility index (Phi) is 8.84. The van der Waals surface area contributed by atoms with Crippen LogP contribution in [0.15, 0.2) is 47.5 Å². The summed E-state index contributed by atoms with van der Waals surface area (Å²) in [5.74, 6) is 0.542. The number of rotatable bonds is 11. The van der Waals surface area contributed by atoms with Gasteiger partial charge in [0.1, 0.15) is 11.6 Å². The highest BCUT2D eigenvalue weighted by molar-refractivity contribution is 5.85. The summed E-state index contributed by atoms with van der Waals surface area (Å²) in [4.78, 5) is 4.42. The van der Waals surface area contributed by atoms with Crippen LogP contribution < -0.4 is 4.74 Å². The van der Waals surface area contributed by atoms with E-state index in [1.54, 1.807) is 18.3 Å². The number of ether oxygens (including phenoxy) is 2. The van der Waals surface area contributed by atoms with E-state index in [0.29, 0.717) is 18.9 Å².